The highest BCUT2D eigenvalue weighted by molar-refractivity contribution is 5.91. The van der Waals surface area contributed by atoms with Crippen LogP contribution in [0.1, 0.15) is 36.8 Å². The SMILES string of the molecule is C#C[C@@]1(F)[C@H](O)[C@@H](COC(c2ccccc2)(c2ccc(OC)cc2)c2ccc(OC)cc2)O[C@H]1n1cnc2c(=O)[nH]c(NC(=O)C(C)C)nc21. The minimum absolute atomic E-state index is 0.112. The van der Waals surface area contributed by atoms with Crippen LogP contribution in [-0.4, -0.2) is 69.2 Å². The number of methoxy groups -OCH3 is 2. The molecule has 50 heavy (non-hydrogen) atoms. The molecule has 1 fully saturated rings. The summed E-state index contributed by atoms with van der Waals surface area (Å²) in [6, 6.07) is 24.1. The van der Waals surface area contributed by atoms with Gasteiger partial charge in [0.15, 0.2) is 17.4 Å². The summed E-state index contributed by atoms with van der Waals surface area (Å²) in [4.78, 5) is 36.0. The van der Waals surface area contributed by atoms with Gasteiger partial charge < -0.3 is 24.1 Å². The van der Waals surface area contributed by atoms with E-state index in [0.29, 0.717) is 22.6 Å². The fraction of sp³-hybridized carbons (Fsp3) is 0.297. The summed E-state index contributed by atoms with van der Waals surface area (Å²) in [5.41, 5.74) is -2.88. The molecule has 3 aromatic carbocycles. The number of anilines is 1. The largest absolute Gasteiger partial charge is 0.497 e. The van der Waals surface area contributed by atoms with Gasteiger partial charge in [-0.25, -0.2) is 9.37 Å². The van der Waals surface area contributed by atoms with Crippen LogP contribution in [0.4, 0.5) is 10.3 Å². The minimum Gasteiger partial charge on any atom is -0.497 e. The fourth-order valence-electron chi connectivity index (χ4n) is 6.01. The van der Waals surface area contributed by atoms with Gasteiger partial charge in [-0.1, -0.05) is 74.4 Å². The molecule has 1 amide bonds. The number of carbonyl (C=O) groups excluding carboxylic acids is 1. The summed E-state index contributed by atoms with van der Waals surface area (Å²) in [5, 5.41) is 14.0. The summed E-state index contributed by atoms with van der Waals surface area (Å²) in [6.45, 7) is 3.01. The zero-order valence-electron chi connectivity index (χ0n) is 27.8. The van der Waals surface area contributed by atoms with Crippen LogP contribution in [0, 0.1) is 18.3 Å². The van der Waals surface area contributed by atoms with Crippen molar-refractivity contribution in [1.82, 2.24) is 19.5 Å². The monoisotopic (exact) mass is 681 g/mol. The standard InChI is InChI=1S/C37H36FN5O7/c1-6-36(38)30(44)28(50-34(36)43-21-39-29-31(43)40-35(42-33(29)46)41-32(45)22(2)3)20-49-37(23-10-8-7-9-11-23,24-12-16-26(47-4)17-13-24)25-14-18-27(48-5)19-15-25/h1,7-19,21-22,28,30,34,44H,20H2,2-5H3,(H2,40,41,42,45,46)/t28-,30-,34-,36-/m1/s1. The first-order chi connectivity index (χ1) is 24.0. The van der Waals surface area contributed by atoms with E-state index in [1.165, 1.54) is 0 Å². The second kappa shape index (κ2) is 13.8. The Labute approximate surface area is 287 Å². The number of H-pyrrole nitrogens is 1. The molecule has 0 aliphatic carbocycles. The highest BCUT2D eigenvalue weighted by Gasteiger charge is 2.58. The Morgan fingerprint density at radius 3 is 2.18 bits per heavy atom. The van der Waals surface area contributed by atoms with Crippen LogP contribution in [0.15, 0.2) is 90.0 Å². The van der Waals surface area contributed by atoms with E-state index in [9.17, 15) is 14.7 Å². The van der Waals surface area contributed by atoms with E-state index in [2.05, 4.69) is 26.2 Å². The number of amides is 1. The molecule has 6 rings (SSSR count). The first kappa shape index (κ1) is 34.3. The number of fused-ring (bicyclic) bond motifs is 1. The van der Waals surface area contributed by atoms with Crippen molar-refractivity contribution in [1.29, 1.82) is 0 Å². The number of nitrogens with one attached hydrogen (secondary N) is 2. The van der Waals surface area contributed by atoms with Crippen molar-refractivity contribution in [3.05, 3.63) is 112 Å². The first-order valence-electron chi connectivity index (χ1n) is 15.8. The Kier molecular flexibility index (Phi) is 9.44. The Morgan fingerprint density at radius 2 is 1.64 bits per heavy atom. The number of halogens is 1. The first-order valence-corrected chi connectivity index (χ1v) is 15.8. The summed E-state index contributed by atoms with van der Waals surface area (Å²) >= 11 is 0. The quantitative estimate of drug-likeness (QED) is 0.137. The van der Waals surface area contributed by atoms with E-state index in [0.717, 1.165) is 16.5 Å². The number of hydrogen-bond donors (Lipinski definition) is 3. The van der Waals surface area contributed by atoms with Crippen LogP contribution < -0.4 is 20.3 Å². The molecule has 0 bridgehead atoms. The second-order valence-corrected chi connectivity index (χ2v) is 12.1. The van der Waals surface area contributed by atoms with Crippen molar-refractivity contribution in [2.24, 2.45) is 5.92 Å². The number of benzene rings is 3. The van der Waals surface area contributed by atoms with E-state index >= 15 is 4.39 Å². The Morgan fingerprint density at radius 1 is 1.06 bits per heavy atom. The van der Waals surface area contributed by atoms with Crippen LogP contribution in [0.3, 0.4) is 0 Å². The van der Waals surface area contributed by atoms with Gasteiger partial charge in [-0.3, -0.25) is 24.5 Å². The molecule has 2 aromatic heterocycles. The molecule has 12 nitrogen and oxygen atoms in total. The van der Waals surface area contributed by atoms with Gasteiger partial charge in [-0.2, -0.15) is 4.98 Å². The topological polar surface area (TPSA) is 150 Å². The van der Waals surface area contributed by atoms with Crippen molar-refractivity contribution >= 4 is 23.0 Å². The minimum atomic E-state index is -2.80. The molecule has 0 radical (unpaired) electrons. The van der Waals surface area contributed by atoms with Gasteiger partial charge in [0.05, 0.1) is 27.2 Å². The van der Waals surface area contributed by atoms with E-state index < -0.39 is 47.1 Å². The van der Waals surface area contributed by atoms with Crippen LogP contribution in [0.2, 0.25) is 0 Å². The predicted octanol–water partition coefficient (Wildman–Crippen LogP) is 4.34. The molecule has 258 valence electrons. The van der Waals surface area contributed by atoms with Crippen molar-refractivity contribution in [3.63, 3.8) is 0 Å². The second-order valence-electron chi connectivity index (χ2n) is 12.1. The van der Waals surface area contributed by atoms with Gasteiger partial charge in [0, 0.05) is 5.92 Å². The number of terminal acetylenes is 1. The number of hydrogen-bond acceptors (Lipinski definition) is 9. The summed E-state index contributed by atoms with van der Waals surface area (Å²) in [5.74, 6) is 2.34. The lowest BCUT2D eigenvalue weighted by Gasteiger charge is -2.37. The molecule has 4 atom stereocenters. The van der Waals surface area contributed by atoms with Crippen LogP contribution >= 0.6 is 0 Å². The van der Waals surface area contributed by atoms with Gasteiger partial charge in [0.25, 0.3) is 5.56 Å². The van der Waals surface area contributed by atoms with E-state index in [4.69, 9.17) is 25.4 Å². The van der Waals surface area contributed by atoms with Crippen LogP contribution in [0.5, 0.6) is 11.5 Å². The van der Waals surface area contributed by atoms with Crippen molar-refractivity contribution in [3.8, 4) is 23.8 Å². The zero-order valence-corrected chi connectivity index (χ0v) is 27.8. The smallest absolute Gasteiger partial charge is 0.280 e. The summed E-state index contributed by atoms with van der Waals surface area (Å²) in [7, 11) is 3.14. The molecule has 13 heteroatoms. The lowest BCUT2D eigenvalue weighted by Crippen LogP contribution is -2.43. The van der Waals surface area contributed by atoms with Crippen LogP contribution in [0.25, 0.3) is 11.2 Å². The maximum Gasteiger partial charge on any atom is 0.280 e. The maximum atomic E-state index is 16.8. The number of aliphatic hydroxyl groups excluding tert-OH is 1. The zero-order chi connectivity index (χ0) is 35.6. The van der Waals surface area contributed by atoms with Gasteiger partial charge in [0.2, 0.25) is 17.5 Å². The number of alkyl halides is 1. The third kappa shape index (κ3) is 5.98. The van der Waals surface area contributed by atoms with Gasteiger partial charge >= 0.3 is 0 Å². The van der Waals surface area contributed by atoms with E-state index in [1.54, 1.807) is 52.3 Å². The Bertz CT molecular complexity index is 2030. The Balaban J connectivity index is 1.41. The average molecular weight is 682 g/mol. The lowest BCUT2D eigenvalue weighted by molar-refractivity contribution is -0.118. The fourth-order valence-corrected chi connectivity index (χ4v) is 6.01. The highest BCUT2D eigenvalue weighted by Crippen LogP contribution is 2.45. The molecule has 3 N–H and O–H groups in total. The number of imidazole rings is 1. The van der Waals surface area contributed by atoms with E-state index in [-0.39, 0.29) is 23.7 Å². The summed E-state index contributed by atoms with van der Waals surface area (Å²) < 4.78 is 41.7. The third-order valence-corrected chi connectivity index (χ3v) is 8.76. The molecule has 1 aliphatic rings. The molecule has 1 aliphatic heterocycles. The third-order valence-electron chi connectivity index (χ3n) is 8.76. The number of nitrogens with zero attached hydrogens (tertiary/aromatic N) is 3. The maximum absolute atomic E-state index is 16.8. The number of ether oxygens (including phenoxy) is 4. The molecule has 5 aromatic rings. The van der Waals surface area contributed by atoms with Crippen molar-refractivity contribution < 1.29 is 33.2 Å². The molecular formula is C37H36FN5O7. The number of carbonyl (C=O) groups is 1. The summed E-state index contributed by atoms with van der Waals surface area (Å²) in [6.07, 6.45) is 2.02. The van der Waals surface area contributed by atoms with E-state index in [1.807, 2.05) is 54.6 Å². The van der Waals surface area contributed by atoms with Gasteiger partial charge in [-0.05, 0) is 41.0 Å². The normalized spacial score (nSPS) is 20.5. The molecule has 0 saturated carbocycles. The molecule has 0 spiro atoms. The van der Waals surface area contributed by atoms with Crippen molar-refractivity contribution in [2.75, 3.05) is 26.1 Å². The number of aromatic nitrogens is 4. The molecule has 3 heterocycles. The lowest BCUT2D eigenvalue weighted by atomic mass is 9.80. The molecular weight excluding hydrogens is 645 g/mol. The van der Waals surface area contributed by atoms with Crippen LogP contribution in [-0.2, 0) is 19.9 Å². The number of aromatic amines is 1. The number of aliphatic hydroxyl groups is 1. The van der Waals surface area contributed by atoms with Gasteiger partial charge in [-0.15, -0.1) is 6.42 Å². The highest BCUT2D eigenvalue weighted by atomic mass is 19.1. The molecule has 0 unspecified atom stereocenters. The average Bonchev–Trinajstić information content (AvgIpc) is 3.67. The predicted molar refractivity (Wildman–Crippen MR) is 182 cm³/mol. The van der Waals surface area contributed by atoms with Crippen molar-refractivity contribution in [2.45, 2.75) is 43.6 Å². The Hall–Kier alpha value is -5.55. The van der Waals surface area contributed by atoms with Gasteiger partial charge in [0.1, 0.15) is 29.3 Å². The number of rotatable bonds is 11. The molecule has 1 saturated heterocycles.